The number of rotatable bonds is 3. The van der Waals surface area contributed by atoms with Crippen molar-refractivity contribution in [3.63, 3.8) is 0 Å². The summed E-state index contributed by atoms with van der Waals surface area (Å²) < 4.78 is 7.58. The Hall–Kier alpha value is -0.630. The van der Waals surface area contributed by atoms with Crippen LogP contribution in [0.5, 0.6) is 5.75 Å². The van der Waals surface area contributed by atoms with Gasteiger partial charge in [-0.2, -0.15) is 0 Å². The SMILES string of the molecule is Cc1ccc(C(C)C)c(OC(=O)c2cc(I)ccc2I)c1. The van der Waals surface area contributed by atoms with Crippen molar-refractivity contribution in [3.8, 4) is 5.75 Å². The molecule has 0 fully saturated rings. The molecule has 110 valence electrons. The molecule has 0 bridgehead atoms. The molecule has 2 rings (SSSR count). The summed E-state index contributed by atoms with van der Waals surface area (Å²) in [6.07, 6.45) is 0. The van der Waals surface area contributed by atoms with E-state index in [9.17, 15) is 4.79 Å². The van der Waals surface area contributed by atoms with Crippen LogP contribution in [0.15, 0.2) is 36.4 Å². The standard InChI is InChI=1S/C17H16I2O2/c1-10(2)13-6-4-11(3)8-16(13)21-17(20)14-9-12(18)5-7-15(14)19/h4-10H,1-3H3. The van der Waals surface area contributed by atoms with Crippen molar-refractivity contribution < 1.29 is 9.53 Å². The van der Waals surface area contributed by atoms with Gasteiger partial charge < -0.3 is 4.74 Å². The van der Waals surface area contributed by atoms with E-state index in [-0.39, 0.29) is 5.97 Å². The van der Waals surface area contributed by atoms with Crippen molar-refractivity contribution in [1.29, 1.82) is 0 Å². The van der Waals surface area contributed by atoms with Gasteiger partial charge in [-0.15, -0.1) is 0 Å². The van der Waals surface area contributed by atoms with Gasteiger partial charge in [-0.3, -0.25) is 0 Å². The monoisotopic (exact) mass is 506 g/mol. The van der Waals surface area contributed by atoms with Crippen LogP contribution in [0.1, 0.15) is 41.3 Å². The fourth-order valence-electron chi connectivity index (χ4n) is 2.02. The first-order valence-corrected chi connectivity index (χ1v) is 8.82. The minimum absolute atomic E-state index is 0.301. The smallest absolute Gasteiger partial charge is 0.344 e. The predicted molar refractivity (Wildman–Crippen MR) is 102 cm³/mol. The zero-order chi connectivity index (χ0) is 15.6. The van der Waals surface area contributed by atoms with E-state index in [4.69, 9.17) is 4.74 Å². The molecule has 0 aliphatic rings. The lowest BCUT2D eigenvalue weighted by molar-refractivity contribution is 0.0731. The van der Waals surface area contributed by atoms with Crippen LogP contribution in [0.4, 0.5) is 0 Å². The molecule has 2 aromatic rings. The van der Waals surface area contributed by atoms with Gasteiger partial charge in [0.2, 0.25) is 0 Å². The maximum atomic E-state index is 12.4. The fourth-order valence-corrected chi connectivity index (χ4v) is 3.06. The van der Waals surface area contributed by atoms with Crippen LogP contribution in [0.25, 0.3) is 0 Å². The first kappa shape index (κ1) is 16.7. The summed E-state index contributed by atoms with van der Waals surface area (Å²) in [6, 6.07) is 11.8. The topological polar surface area (TPSA) is 26.3 Å². The average Bonchev–Trinajstić information content (AvgIpc) is 2.41. The highest BCUT2D eigenvalue weighted by molar-refractivity contribution is 14.1. The molecule has 0 saturated carbocycles. The molecule has 2 aromatic carbocycles. The van der Waals surface area contributed by atoms with Crippen LogP contribution in [0, 0.1) is 14.1 Å². The van der Waals surface area contributed by atoms with Gasteiger partial charge in [-0.05, 0) is 93.4 Å². The number of benzene rings is 2. The summed E-state index contributed by atoms with van der Waals surface area (Å²) >= 11 is 4.36. The number of halogens is 2. The number of hydrogen-bond acceptors (Lipinski definition) is 2. The van der Waals surface area contributed by atoms with E-state index >= 15 is 0 Å². The van der Waals surface area contributed by atoms with Crippen LogP contribution in [-0.4, -0.2) is 5.97 Å². The molecule has 21 heavy (non-hydrogen) atoms. The van der Waals surface area contributed by atoms with Crippen LogP contribution < -0.4 is 4.74 Å². The van der Waals surface area contributed by atoms with Crippen molar-refractivity contribution in [2.24, 2.45) is 0 Å². The Morgan fingerprint density at radius 2 is 1.81 bits per heavy atom. The van der Waals surface area contributed by atoms with Gasteiger partial charge in [-0.25, -0.2) is 4.79 Å². The first-order valence-electron chi connectivity index (χ1n) is 6.66. The highest BCUT2D eigenvalue weighted by Gasteiger charge is 2.16. The van der Waals surface area contributed by atoms with Crippen LogP contribution >= 0.6 is 45.2 Å². The van der Waals surface area contributed by atoms with Crippen molar-refractivity contribution in [2.75, 3.05) is 0 Å². The molecule has 0 amide bonds. The maximum Gasteiger partial charge on any atom is 0.344 e. The van der Waals surface area contributed by atoms with Crippen molar-refractivity contribution in [2.45, 2.75) is 26.7 Å². The molecular formula is C17H16I2O2. The third kappa shape index (κ3) is 4.18. The molecule has 0 aromatic heterocycles. The number of hydrogen-bond donors (Lipinski definition) is 0. The molecule has 0 radical (unpaired) electrons. The first-order chi connectivity index (χ1) is 9.88. The number of aryl methyl sites for hydroxylation is 1. The Balaban J connectivity index is 2.35. The van der Waals surface area contributed by atoms with E-state index in [1.807, 2.05) is 43.3 Å². The summed E-state index contributed by atoms with van der Waals surface area (Å²) in [7, 11) is 0. The molecule has 0 unspecified atom stereocenters. The van der Waals surface area contributed by atoms with Crippen molar-refractivity contribution in [1.82, 2.24) is 0 Å². The summed E-state index contributed by atoms with van der Waals surface area (Å²) in [6.45, 7) is 6.19. The van der Waals surface area contributed by atoms with E-state index in [2.05, 4.69) is 59.0 Å². The Kier molecular flexibility index (Phi) is 5.65. The normalized spacial score (nSPS) is 10.8. The maximum absolute atomic E-state index is 12.4. The molecular weight excluding hydrogens is 490 g/mol. The van der Waals surface area contributed by atoms with Crippen LogP contribution in [0.3, 0.4) is 0 Å². The second kappa shape index (κ2) is 7.09. The highest BCUT2D eigenvalue weighted by atomic mass is 127. The molecule has 0 heterocycles. The Morgan fingerprint density at radius 1 is 1.10 bits per heavy atom. The molecule has 0 atom stereocenters. The number of ether oxygens (including phenoxy) is 1. The second-order valence-corrected chi connectivity index (χ2v) is 7.62. The van der Waals surface area contributed by atoms with Gasteiger partial charge in [0.15, 0.2) is 0 Å². The third-order valence-electron chi connectivity index (χ3n) is 3.14. The predicted octanol–water partition coefficient (Wildman–Crippen LogP) is 5.55. The summed E-state index contributed by atoms with van der Waals surface area (Å²) in [5.74, 6) is 0.665. The molecule has 0 spiro atoms. The number of carbonyl (C=O) groups excluding carboxylic acids is 1. The van der Waals surface area contributed by atoms with Crippen molar-refractivity contribution >= 4 is 51.2 Å². The average molecular weight is 506 g/mol. The van der Waals surface area contributed by atoms with E-state index in [1.165, 1.54) is 0 Å². The van der Waals surface area contributed by atoms with E-state index in [1.54, 1.807) is 0 Å². The van der Waals surface area contributed by atoms with Gasteiger partial charge >= 0.3 is 5.97 Å². The zero-order valence-corrected chi connectivity index (χ0v) is 16.4. The lowest BCUT2D eigenvalue weighted by Gasteiger charge is -2.14. The molecule has 0 aliphatic carbocycles. The molecule has 0 aliphatic heterocycles. The van der Waals surface area contributed by atoms with Gasteiger partial charge in [0, 0.05) is 7.14 Å². The lowest BCUT2D eigenvalue weighted by Crippen LogP contribution is -2.12. The highest BCUT2D eigenvalue weighted by Crippen LogP contribution is 2.28. The van der Waals surface area contributed by atoms with Gasteiger partial charge in [0.25, 0.3) is 0 Å². The Labute approximate surface area is 152 Å². The quantitative estimate of drug-likeness (QED) is 0.311. The zero-order valence-electron chi connectivity index (χ0n) is 12.1. The van der Waals surface area contributed by atoms with Gasteiger partial charge in [-0.1, -0.05) is 26.0 Å². The molecule has 4 heteroatoms. The summed E-state index contributed by atoms with van der Waals surface area (Å²) in [5.41, 5.74) is 2.74. The van der Waals surface area contributed by atoms with E-state index < -0.39 is 0 Å². The Bertz CT molecular complexity index is 678. The van der Waals surface area contributed by atoms with Gasteiger partial charge in [0.1, 0.15) is 5.75 Å². The molecule has 0 saturated heterocycles. The second-order valence-electron chi connectivity index (χ2n) is 5.21. The van der Waals surface area contributed by atoms with Crippen LogP contribution in [0.2, 0.25) is 0 Å². The largest absolute Gasteiger partial charge is 0.423 e. The van der Waals surface area contributed by atoms with E-state index in [0.717, 1.165) is 18.3 Å². The number of esters is 1. The summed E-state index contributed by atoms with van der Waals surface area (Å²) in [5, 5.41) is 0. The lowest BCUT2D eigenvalue weighted by atomic mass is 10.0. The van der Waals surface area contributed by atoms with Gasteiger partial charge in [0.05, 0.1) is 5.56 Å². The van der Waals surface area contributed by atoms with E-state index in [0.29, 0.717) is 17.2 Å². The minimum Gasteiger partial charge on any atom is -0.423 e. The molecule has 2 nitrogen and oxygen atoms in total. The fraction of sp³-hybridized carbons (Fsp3) is 0.235. The third-order valence-corrected chi connectivity index (χ3v) is 4.75. The molecule has 0 N–H and O–H groups in total. The summed E-state index contributed by atoms with van der Waals surface area (Å²) in [4.78, 5) is 12.4. The van der Waals surface area contributed by atoms with Crippen LogP contribution in [-0.2, 0) is 0 Å². The minimum atomic E-state index is -0.301. The van der Waals surface area contributed by atoms with Crippen molar-refractivity contribution in [3.05, 3.63) is 60.2 Å². The number of carbonyl (C=O) groups is 1. The Morgan fingerprint density at radius 3 is 2.48 bits per heavy atom.